The van der Waals surface area contributed by atoms with E-state index in [4.69, 9.17) is 4.74 Å². The van der Waals surface area contributed by atoms with E-state index in [-0.39, 0.29) is 16.9 Å². The lowest BCUT2D eigenvalue weighted by Crippen LogP contribution is -2.52. The molecule has 25 heavy (non-hydrogen) atoms. The molecular weight excluding hydrogens is 408 g/mol. The fourth-order valence-electron chi connectivity index (χ4n) is 3.33. The van der Waals surface area contributed by atoms with Gasteiger partial charge in [-0.15, -0.1) is 0 Å². The summed E-state index contributed by atoms with van der Waals surface area (Å²) in [6, 6.07) is 5.88. The molecule has 2 heterocycles. The average Bonchev–Trinajstić information content (AvgIpc) is 3.13. The molecule has 2 aliphatic rings. The van der Waals surface area contributed by atoms with Gasteiger partial charge in [0.1, 0.15) is 6.04 Å². The first-order valence-electron chi connectivity index (χ1n) is 8.65. The van der Waals surface area contributed by atoms with Crippen molar-refractivity contribution in [2.75, 3.05) is 19.7 Å². The molecule has 0 aromatic heterocycles. The number of carbonyl (C=O) groups excluding carboxylic acids is 1. The van der Waals surface area contributed by atoms with Crippen LogP contribution >= 0.6 is 15.9 Å². The summed E-state index contributed by atoms with van der Waals surface area (Å²) in [5.41, 5.74) is 0. The third-order valence-electron chi connectivity index (χ3n) is 4.70. The van der Waals surface area contributed by atoms with Crippen molar-refractivity contribution in [1.29, 1.82) is 0 Å². The van der Waals surface area contributed by atoms with E-state index in [1.165, 1.54) is 4.31 Å². The summed E-state index contributed by atoms with van der Waals surface area (Å²) >= 11 is 3.31. The molecule has 1 amide bonds. The maximum absolute atomic E-state index is 13.0. The summed E-state index contributed by atoms with van der Waals surface area (Å²) in [6.45, 7) is 1.55. The van der Waals surface area contributed by atoms with Crippen LogP contribution < -0.4 is 5.32 Å². The number of sulfonamides is 1. The van der Waals surface area contributed by atoms with Gasteiger partial charge in [0.2, 0.25) is 15.9 Å². The highest BCUT2D eigenvalue weighted by Crippen LogP contribution is 2.26. The number of halogens is 1. The van der Waals surface area contributed by atoms with E-state index in [0.29, 0.717) is 19.5 Å². The number of piperidine rings is 1. The minimum atomic E-state index is -3.69. The van der Waals surface area contributed by atoms with Crippen molar-refractivity contribution in [3.63, 3.8) is 0 Å². The molecule has 2 saturated heterocycles. The van der Waals surface area contributed by atoms with Crippen LogP contribution in [0.15, 0.2) is 33.6 Å². The van der Waals surface area contributed by atoms with Gasteiger partial charge in [0.05, 0.1) is 11.0 Å². The predicted molar refractivity (Wildman–Crippen MR) is 97.7 cm³/mol. The Morgan fingerprint density at radius 2 is 1.96 bits per heavy atom. The van der Waals surface area contributed by atoms with Crippen molar-refractivity contribution in [3.05, 3.63) is 28.7 Å². The molecule has 8 heteroatoms. The highest BCUT2D eigenvalue weighted by atomic mass is 79.9. The third-order valence-corrected chi connectivity index (χ3v) is 7.16. The first kappa shape index (κ1) is 18.8. The van der Waals surface area contributed by atoms with E-state index < -0.39 is 16.1 Å². The molecule has 138 valence electrons. The Kier molecular flexibility index (Phi) is 6.14. The van der Waals surface area contributed by atoms with Crippen molar-refractivity contribution in [2.24, 2.45) is 0 Å². The zero-order valence-corrected chi connectivity index (χ0v) is 16.4. The summed E-state index contributed by atoms with van der Waals surface area (Å²) in [7, 11) is -3.69. The molecule has 1 aromatic carbocycles. The summed E-state index contributed by atoms with van der Waals surface area (Å²) in [6.07, 6.45) is 4.16. The summed E-state index contributed by atoms with van der Waals surface area (Å²) < 4.78 is 33.6. The molecule has 1 aromatic rings. The van der Waals surface area contributed by atoms with E-state index in [1.54, 1.807) is 24.3 Å². The Bertz CT molecular complexity index is 702. The van der Waals surface area contributed by atoms with Gasteiger partial charge in [-0.2, -0.15) is 4.31 Å². The zero-order chi connectivity index (χ0) is 17.9. The molecule has 0 spiro atoms. The summed E-state index contributed by atoms with van der Waals surface area (Å²) in [5, 5.41) is 2.88. The van der Waals surface area contributed by atoms with Crippen molar-refractivity contribution in [2.45, 2.75) is 49.1 Å². The lowest BCUT2D eigenvalue weighted by atomic mass is 10.0. The van der Waals surface area contributed by atoms with Gasteiger partial charge in [-0.3, -0.25) is 4.79 Å². The van der Waals surface area contributed by atoms with Crippen LogP contribution in [0.5, 0.6) is 0 Å². The SMILES string of the molecule is O=C(NC[C@H]1CCCO1)[C@@H]1CCCCN1S(=O)(=O)c1ccc(Br)cc1. The van der Waals surface area contributed by atoms with Crippen LogP contribution in [0, 0.1) is 0 Å². The van der Waals surface area contributed by atoms with E-state index in [1.807, 2.05) is 0 Å². The van der Waals surface area contributed by atoms with Crippen LogP contribution in [0.2, 0.25) is 0 Å². The van der Waals surface area contributed by atoms with Crippen LogP contribution in [0.25, 0.3) is 0 Å². The second kappa shape index (κ2) is 8.16. The van der Waals surface area contributed by atoms with Gasteiger partial charge in [0, 0.05) is 24.2 Å². The molecule has 0 saturated carbocycles. The van der Waals surface area contributed by atoms with Crippen LogP contribution in [0.3, 0.4) is 0 Å². The topological polar surface area (TPSA) is 75.7 Å². The van der Waals surface area contributed by atoms with Crippen LogP contribution in [0.4, 0.5) is 0 Å². The minimum absolute atomic E-state index is 0.0454. The predicted octanol–water partition coefficient (Wildman–Crippen LogP) is 2.29. The Balaban J connectivity index is 1.73. The van der Waals surface area contributed by atoms with Crippen LogP contribution in [0.1, 0.15) is 32.1 Å². The number of hydrogen-bond acceptors (Lipinski definition) is 4. The van der Waals surface area contributed by atoms with Crippen LogP contribution in [-0.2, 0) is 19.6 Å². The summed E-state index contributed by atoms with van der Waals surface area (Å²) in [4.78, 5) is 12.8. The van der Waals surface area contributed by atoms with Gasteiger partial charge in [0.15, 0.2) is 0 Å². The quantitative estimate of drug-likeness (QED) is 0.777. The van der Waals surface area contributed by atoms with Gasteiger partial charge in [-0.1, -0.05) is 22.4 Å². The van der Waals surface area contributed by atoms with E-state index >= 15 is 0 Å². The molecule has 0 bridgehead atoms. The Morgan fingerprint density at radius 3 is 2.64 bits per heavy atom. The van der Waals surface area contributed by atoms with Crippen molar-refractivity contribution < 1.29 is 17.9 Å². The Morgan fingerprint density at radius 1 is 1.20 bits per heavy atom. The molecule has 0 radical (unpaired) electrons. The highest BCUT2D eigenvalue weighted by molar-refractivity contribution is 9.10. The first-order chi connectivity index (χ1) is 12.0. The highest BCUT2D eigenvalue weighted by Gasteiger charge is 2.37. The fraction of sp³-hybridized carbons (Fsp3) is 0.588. The Labute approximate surface area is 157 Å². The van der Waals surface area contributed by atoms with Gasteiger partial charge < -0.3 is 10.1 Å². The number of ether oxygens (including phenoxy) is 1. The smallest absolute Gasteiger partial charge is 0.243 e. The normalized spacial score (nSPS) is 25.0. The molecule has 2 fully saturated rings. The van der Waals surface area contributed by atoms with Crippen molar-refractivity contribution in [1.82, 2.24) is 9.62 Å². The molecule has 0 aliphatic carbocycles. The molecule has 6 nitrogen and oxygen atoms in total. The zero-order valence-electron chi connectivity index (χ0n) is 14.0. The lowest BCUT2D eigenvalue weighted by molar-refractivity contribution is -0.126. The van der Waals surface area contributed by atoms with E-state index in [0.717, 1.165) is 36.8 Å². The second-order valence-corrected chi connectivity index (χ2v) is 9.27. The molecule has 3 rings (SSSR count). The number of hydrogen-bond donors (Lipinski definition) is 1. The molecule has 2 atom stereocenters. The maximum Gasteiger partial charge on any atom is 0.243 e. The van der Waals surface area contributed by atoms with Gasteiger partial charge >= 0.3 is 0 Å². The van der Waals surface area contributed by atoms with Gasteiger partial charge in [-0.25, -0.2) is 8.42 Å². The first-order valence-corrected chi connectivity index (χ1v) is 10.9. The van der Waals surface area contributed by atoms with Crippen molar-refractivity contribution >= 4 is 31.9 Å². The van der Waals surface area contributed by atoms with Crippen molar-refractivity contribution in [3.8, 4) is 0 Å². The van der Waals surface area contributed by atoms with E-state index in [9.17, 15) is 13.2 Å². The van der Waals surface area contributed by atoms with Crippen LogP contribution in [-0.4, -0.2) is 50.5 Å². The average molecular weight is 431 g/mol. The van der Waals surface area contributed by atoms with E-state index in [2.05, 4.69) is 21.2 Å². The lowest BCUT2D eigenvalue weighted by Gasteiger charge is -2.33. The van der Waals surface area contributed by atoms with Gasteiger partial charge in [0.25, 0.3) is 0 Å². The third kappa shape index (κ3) is 4.42. The minimum Gasteiger partial charge on any atom is -0.376 e. The molecule has 2 aliphatic heterocycles. The maximum atomic E-state index is 13.0. The molecular formula is C17H23BrN2O4S. The number of amides is 1. The largest absolute Gasteiger partial charge is 0.376 e. The number of rotatable bonds is 5. The van der Waals surface area contributed by atoms with Gasteiger partial charge in [-0.05, 0) is 49.9 Å². The fourth-order valence-corrected chi connectivity index (χ4v) is 5.26. The standard InChI is InChI=1S/C17H23BrN2O4S/c18-13-6-8-15(9-7-13)25(22,23)20-10-2-1-5-16(20)17(21)19-12-14-4-3-11-24-14/h6-9,14,16H,1-5,10-12H2,(H,19,21)/t14-,16+/m1/s1. The molecule has 1 N–H and O–H groups in total. The number of nitrogens with one attached hydrogen (secondary N) is 1. The second-order valence-electron chi connectivity index (χ2n) is 6.46. The number of nitrogens with zero attached hydrogens (tertiary/aromatic N) is 1. The summed E-state index contributed by atoms with van der Waals surface area (Å²) in [5.74, 6) is -0.226. The number of benzene rings is 1. The Hall–Kier alpha value is -0.960. The molecule has 0 unspecified atom stereocenters. The number of carbonyl (C=O) groups is 1. The monoisotopic (exact) mass is 430 g/mol.